The first-order valence-electron chi connectivity index (χ1n) is 6.13. The Hall–Kier alpha value is -1.59. The van der Waals surface area contributed by atoms with Crippen LogP contribution >= 0.6 is 11.3 Å². The number of methoxy groups -OCH3 is 1. The summed E-state index contributed by atoms with van der Waals surface area (Å²) in [5.41, 5.74) is 6.93. The van der Waals surface area contributed by atoms with Crippen LogP contribution < -0.4 is 15.2 Å². The fourth-order valence-corrected chi connectivity index (χ4v) is 2.38. The highest BCUT2D eigenvalue weighted by Crippen LogP contribution is 2.32. The minimum atomic E-state index is 0.0781. The van der Waals surface area contributed by atoms with Gasteiger partial charge < -0.3 is 15.2 Å². The predicted octanol–water partition coefficient (Wildman–Crippen LogP) is 2.62. The van der Waals surface area contributed by atoms with E-state index in [-0.39, 0.29) is 6.04 Å². The molecule has 2 rings (SSSR count). The average molecular weight is 278 g/mol. The van der Waals surface area contributed by atoms with E-state index in [2.05, 4.69) is 4.98 Å². The van der Waals surface area contributed by atoms with Crippen molar-refractivity contribution in [1.29, 1.82) is 0 Å². The van der Waals surface area contributed by atoms with Crippen molar-refractivity contribution in [3.05, 3.63) is 40.3 Å². The predicted molar refractivity (Wildman–Crippen MR) is 76.8 cm³/mol. The zero-order valence-corrected chi connectivity index (χ0v) is 11.9. The van der Waals surface area contributed by atoms with Gasteiger partial charge >= 0.3 is 0 Å². The van der Waals surface area contributed by atoms with Crippen LogP contribution in [0.1, 0.15) is 17.5 Å². The Bertz CT molecular complexity index is 512. The maximum Gasteiger partial charge on any atom is 0.165 e. The molecule has 1 unspecified atom stereocenters. The zero-order chi connectivity index (χ0) is 13.7. The molecular formula is C14H18N2O2S. The zero-order valence-electron chi connectivity index (χ0n) is 11.1. The van der Waals surface area contributed by atoms with Gasteiger partial charge in [-0.3, -0.25) is 0 Å². The Morgan fingerprint density at radius 3 is 2.89 bits per heavy atom. The van der Waals surface area contributed by atoms with E-state index in [4.69, 9.17) is 15.2 Å². The largest absolute Gasteiger partial charge is 0.493 e. The molecule has 1 atom stereocenters. The average Bonchev–Trinajstić information content (AvgIpc) is 2.89. The summed E-state index contributed by atoms with van der Waals surface area (Å²) in [5.74, 6) is 1.49. The van der Waals surface area contributed by atoms with Crippen LogP contribution in [0, 0.1) is 0 Å². The molecule has 2 N–H and O–H groups in total. The van der Waals surface area contributed by atoms with Gasteiger partial charge in [-0.15, -0.1) is 11.3 Å². The van der Waals surface area contributed by atoms with Gasteiger partial charge in [-0.05, 0) is 25.0 Å². The second-order valence-electron chi connectivity index (χ2n) is 4.34. The van der Waals surface area contributed by atoms with Gasteiger partial charge in [0.2, 0.25) is 0 Å². The molecule has 2 aromatic rings. The van der Waals surface area contributed by atoms with Gasteiger partial charge in [0.25, 0.3) is 0 Å². The fraction of sp³-hybridized carbons (Fsp3) is 0.357. The number of rotatable bonds is 6. The van der Waals surface area contributed by atoms with Crippen LogP contribution in [-0.4, -0.2) is 18.1 Å². The molecule has 102 valence electrons. The second-order valence-corrected chi connectivity index (χ2v) is 5.32. The number of aromatic nitrogens is 1. The standard InChI is InChI=1S/C14H18N2O2S/c1-10(15)8-11-4-3-5-12(17-2)14(11)18-9-13-16-6-7-19-13/h3-7,10H,8-9,15H2,1-2H3. The van der Waals surface area contributed by atoms with Gasteiger partial charge in [0.05, 0.1) is 7.11 Å². The molecular weight excluding hydrogens is 260 g/mol. The van der Waals surface area contributed by atoms with E-state index in [1.807, 2.05) is 30.5 Å². The summed E-state index contributed by atoms with van der Waals surface area (Å²) in [5, 5.41) is 2.88. The summed E-state index contributed by atoms with van der Waals surface area (Å²) < 4.78 is 11.2. The summed E-state index contributed by atoms with van der Waals surface area (Å²) in [6.07, 6.45) is 2.53. The van der Waals surface area contributed by atoms with Crippen LogP contribution in [0.4, 0.5) is 0 Å². The van der Waals surface area contributed by atoms with E-state index in [1.54, 1.807) is 24.6 Å². The third-order valence-electron chi connectivity index (χ3n) is 2.65. The van der Waals surface area contributed by atoms with Crippen molar-refractivity contribution in [2.45, 2.75) is 26.0 Å². The Kier molecular flexibility index (Phi) is 4.76. The quantitative estimate of drug-likeness (QED) is 0.882. The van der Waals surface area contributed by atoms with Gasteiger partial charge in [-0.25, -0.2) is 4.98 Å². The number of thiazole rings is 1. The second kappa shape index (κ2) is 6.54. The molecule has 1 heterocycles. The van der Waals surface area contributed by atoms with E-state index < -0.39 is 0 Å². The number of nitrogens with zero attached hydrogens (tertiary/aromatic N) is 1. The monoisotopic (exact) mass is 278 g/mol. The van der Waals surface area contributed by atoms with E-state index in [0.717, 1.165) is 28.5 Å². The molecule has 0 bridgehead atoms. The van der Waals surface area contributed by atoms with Crippen molar-refractivity contribution in [3.63, 3.8) is 0 Å². The van der Waals surface area contributed by atoms with Gasteiger partial charge in [0, 0.05) is 17.6 Å². The normalized spacial score (nSPS) is 12.2. The van der Waals surface area contributed by atoms with Crippen molar-refractivity contribution in [2.24, 2.45) is 5.73 Å². The molecule has 0 fully saturated rings. The van der Waals surface area contributed by atoms with Crippen LogP contribution in [0.15, 0.2) is 29.8 Å². The smallest absolute Gasteiger partial charge is 0.165 e. The first-order valence-corrected chi connectivity index (χ1v) is 7.01. The Labute approximate surface area is 117 Å². The first-order chi connectivity index (χ1) is 9.20. The molecule has 0 amide bonds. The summed E-state index contributed by atoms with van der Waals surface area (Å²) >= 11 is 1.57. The SMILES string of the molecule is COc1cccc(CC(C)N)c1OCc1nccs1. The van der Waals surface area contributed by atoms with Crippen LogP contribution in [0.3, 0.4) is 0 Å². The van der Waals surface area contributed by atoms with E-state index in [9.17, 15) is 0 Å². The molecule has 0 radical (unpaired) electrons. The summed E-state index contributed by atoms with van der Waals surface area (Å²) in [6.45, 7) is 2.42. The lowest BCUT2D eigenvalue weighted by Gasteiger charge is -2.15. The fourth-order valence-electron chi connectivity index (χ4n) is 1.85. The third-order valence-corrected chi connectivity index (χ3v) is 3.40. The third kappa shape index (κ3) is 3.68. The highest BCUT2D eigenvalue weighted by atomic mass is 32.1. The summed E-state index contributed by atoms with van der Waals surface area (Å²) in [6, 6.07) is 5.94. The number of ether oxygens (including phenoxy) is 2. The van der Waals surface area contributed by atoms with E-state index in [0.29, 0.717) is 6.61 Å². The van der Waals surface area contributed by atoms with Crippen LogP contribution in [0.5, 0.6) is 11.5 Å². The van der Waals surface area contributed by atoms with Crippen molar-refractivity contribution in [2.75, 3.05) is 7.11 Å². The number of nitrogens with two attached hydrogens (primary N) is 1. The lowest BCUT2D eigenvalue weighted by Crippen LogP contribution is -2.18. The van der Waals surface area contributed by atoms with Gasteiger partial charge in [-0.1, -0.05) is 12.1 Å². The van der Waals surface area contributed by atoms with Gasteiger partial charge in [-0.2, -0.15) is 0 Å². The summed E-state index contributed by atoms with van der Waals surface area (Å²) in [7, 11) is 1.64. The number of benzene rings is 1. The van der Waals surface area contributed by atoms with E-state index >= 15 is 0 Å². The number of hydrogen-bond acceptors (Lipinski definition) is 5. The molecule has 0 aliphatic rings. The molecule has 1 aromatic heterocycles. The molecule has 4 nitrogen and oxygen atoms in total. The summed E-state index contributed by atoms with van der Waals surface area (Å²) in [4.78, 5) is 4.21. The first kappa shape index (κ1) is 13.8. The molecule has 0 aliphatic heterocycles. The highest BCUT2D eigenvalue weighted by molar-refractivity contribution is 7.09. The minimum Gasteiger partial charge on any atom is -0.493 e. The minimum absolute atomic E-state index is 0.0781. The molecule has 0 saturated heterocycles. The molecule has 19 heavy (non-hydrogen) atoms. The lowest BCUT2D eigenvalue weighted by molar-refractivity contribution is 0.280. The Morgan fingerprint density at radius 1 is 1.42 bits per heavy atom. The highest BCUT2D eigenvalue weighted by Gasteiger charge is 2.12. The van der Waals surface area contributed by atoms with Crippen LogP contribution in [0.25, 0.3) is 0 Å². The van der Waals surface area contributed by atoms with Crippen LogP contribution in [0.2, 0.25) is 0 Å². The molecule has 0 saturated carbocycles. The maximum atomic E-state index is 5.87. The molecule has 0 spiro atoms. The Morgan fingerprint density at radius 2 is 2.26 bits per heavy atom. The van der Waals surface area contributed by atoms with Gasteiger partial charge in [0.15, 0.2) is 11.5 Å². The Balaban J connectivity index is 2.19. The van der Waals surface area contributed by atoms with Crippen molar-refractivity contribution in [1.82, 2.24) is 4.98 Å². The molecule has 1 aromatic carbocycles. The van der Waals surface area contributed by atoms with E-state index in [1.165, 1.54) is 0 Å². The number of hydrogen-bond donors (Lipinski definition) is 1. The lowest BCUT2D eigenvalue weighted by atomic mass is 10.1. The maximum absolute atomic E-state index is 5.87. The van der Waals surface area contributed by atoms with Crippen LogP contribution in [-0.2, 0) is 13.0 Å². The number of para-hydroxylation sites is 1. The van der Waals surface area contributed by atoms with Crippen molar-refractivity contribution < 1.29 is 9.47 Å². The molecule has 5 heteroatoms. The molecule has 0 aliphatic carbocycles. The topological polar surface area (TPSA) is 57.4 Å². The van der Waals surface area contributed by atoms with Gasteiger partial charge in [0.1, 0.15) is 11.6 Å². The van der Waals surface area contributed by atoms with Crippen molar-refractivity contribution in [3.8, 4) is 11.5 Å². The van der Waals surface area contributed by atoms with Crippen molar-refractivity contribution >= 4 is 11.3 Å².